The maximum absolute atomic E-state index is 11.2. The van der Waals surface area contributed by atoms with Gasteiger partial charge in [-0.1, -0.05) is 0 Å². The highest BCUT2D eigenvalue weighted by Gasteiger charge is 2.32. The number of carboxylic acids is 1. The van der Waals surface area contributed by atoms with Crippen LogP contribution in [0.25, 0.3) is 0 Å². The topological polar surface area (TPSA) is 75.1 Å². The van der Waals surface area contributed by atoms with E-state index < -0.39 is 11.4 Å². The molecular formula is C12H15N3O2S2. The Morgan fingerprint density at radius 3 is 2.79 bits per heavy atom. The zero-order valence-corrected chi connectivity index (χ0v) is 12.6. The third kappa shape index (κ3) is 2.93. The summed E-state index contributed by atoms with van der Waals surface area (Å²) in [5.74, 6) is -0.873. The van der Waals surface area contributed by atoms with E-state index in [-0.39, 0.29) is 0 Å². The van der Waals surface area contributed by atoms with Crippen molar-refractivity contribution in [3.05, 3.63) is 27.2 Å². The van der Waals surface area contributed by atoms with Crippen molar-refractivity contribution in [3.8, 4) is 0 Å². The van der Waals surface area contributed by atoms with Crippen molar-refractivity contribution in [2.24, 2.45) is 0 Å². The van der Waals surface area contributed by atoms with Crippen LogP contribution in [-0.2, 0) is 16.8 Å². The Kier molecular flexibility index (Phi) is 3.86. The van der Waals surface area contributed by atoms with Crippen molar-refractivity contribution in [2.75, 3.05) is 5.32 Å². The van der Waals surface area contributed by atoms with Crippen molar-refractivity contribution in [1.29, 1.82) is 0 Å². The SMILES string of the molecule is Cc1ncsc1CNc1nc(C(C)(C)C(=O)O)cs1. The van der Waals surface area contributed by atoms with Crippen LogP contribution in [0, 0.1) is 6.92 Å². The molecule has 0 radical (unpaired) electrons. The van der Waals surface area contributed by atoms with Gasteiger partial charge >= 0.3 is 5.97 Å². The molecule has 0 fully saturated rings. The van der Waals surface area contributed by atoms with Crippen molar-refractivity contribution in [1.82, 2.24) is 9.97 Å². The van der Waals surface area contributed by atoms with Crippen LogP contribution in [0.5, 0.6) is 0 Å². The Balaban J connectivity index is 2.06. The van der Waals surface area contributed by atoms with Crippen molar-refractivity contribution >= 4 is 33.8 Å². The largest absolute Gasteiger partial charge is 0.481 e. The summed E-state index contributed by atoms with van der Waals surface area (Å²) in [6.07, 6.45) is 0. The summed E-state index contributed by atoms with van der Waals surface area (Å²) in [6.45, 7) is 5.94. The lowest BCUT2D eigenvalue weighted by molar-refractivity contribution is -0.142. The van der Waals surface area contributed by atoms with E-state index in [1.54, 1.807) is 30.6 Å². The van der Waals surface area contributed by atoms with Crippen LogP contribution in [0.2, 0.25) is 0 Å². The van der Waals surface area contributed by atoms with E-state index in [1.165, 1.54) is 11.3 Å². The summed E-state index contributed by atoms with van der Waals surface area (Å²) in [6, 6.07) is 0. The standard InChI is InChI=1S/C12H15N3O2S2/c1-7-8(19-6-14-7)4-13-11-15-9(5-18-11)12(2,3)10(16)17/h5-6H,4H2,1-3H3,(H,13,15)(H,16,17). The zero-order chi connectivity index (χ0) is 14.0. The molecule has 0 aliphatic rings. The van der Waals surface area contributed by atoms with Gasteiger partial charge in [0.25, 0.3) is 0 Å². The Bertz CT molecular complexity index is 589. The normalized spacial score (nSPS) is 11.5. The van der Waals surface area contributed by atoms with Gasteiger partial charge in [-0.15, -0.1) is 22.7 Å². The summed E-state index contributed by atoms with van der Waals surface area (Å²) in [5, 5.41) is 14.9. The van der Waals surface area contributed by atoms with E-state index in [0.29, 0.717) is 12.2 Å². The van der Waals surface area contributed by atoms with Gasteiger partial charge in [0.2, 0.25) is 0 Å². The van der Waals surface area contributed by atoms with Crippen LogP contribution in [0.4, 0.5) is 5.13 Å². The second kappa shape index (κ2) is 5.26. The van der Waals surface area contributed by atoms with Crippen LogP contribution >= 0.6 is 22.7 Å². The quantitative estimate of drug-likeness (QED) is 0.887. The number of carboxylic acid groups (broad SMARTS) is 1. The Hall–Kier alpha value is -1.47. The lowest BCUT2D eigenvalue weighted by Crippen LogP contribution is -2.28. The average Bonchev–Trinajstić information content (AvgIpc) is 2.95. The van der Waals surface area contributed by atoms with Gasteiger partial charge in [-0.25, -0.2) is 9.97 Å². The number of carbonyl (C=O) groups is 1. The fraction of sp³-hybridized carbons (Fsp3) is 0.417. The summed E-state index contributed by atoms with van der Waals surface area (Å²) >= 11 is 3.02. The Morgan fingerprint density at radius 1 is 1.47 bits per heavy atom. The molecule has 0 aromatic carbocycles. The maximum atomic E-state index is 11.2. The summed E-state index contributed by atoms with van der Waals surface area (Å²) in [5.41, 5.74) is 2.44. The van der Waals surface area contributed by atoms with Crippen LogP contribution in [0.3, 0.4) is 0 Å². The fourth-order valence-corrected chi connectivity index (χ4v) is 3.00. The van der Waals surface area contributed by atoms with E-state index in [1.807, 2.05) is 12.4 Å². The maximum Gasteiger partial charge on any atom is 0.315 e. The number of rotatable bonds is 5. The predicted molar refractivity (Wildman–Crippen MR) is 77.0 cm³/mol. The van der Waals surface area contributed by atoms with Gasteiger partial charge in [0.05, 0.1) is 23.4 Å². The molecule has 19 heavy (non-hydrogen) atoms. The summed E-state index contributed by atoms with van der Waals surface area (Å²) in [7, 11) is 0. The third-order valence-electron chi connectivity index (χ3n) is 2.92. The molecule has 2 aromatic rings. The number of aryl methyl sites for hydroxylation is 1. The molecule has 2 aromatic heterocycles. The third-order valence-corrected chi connectivity index (χ3v) is 4.66. The van der Waals surface area contributed by atoms with Gasteiger partial charge in [0, 0.05) is 10.3 Å². The first-order chi connectivity index (χ1) is 8.91. The first kappa shape index (κ1) is 14.0. The van der Waals surface area contributed by atoms with Crippen LogP contribution in [0.1, 0.15) is 30.1 Å². The van der Waals surface area contributed by atoms with Gasteiger partial charge in [0.15, 0.2) is 5.13 Å². The lowest BCUT2D eigenvalue weighted by atomic mass is 9.90. The summed E-state index contributed by atoms with van der Waals surface area (Å²) in [4.78, 5) is 20.8. The number of hydrogen-bond donors (Lipinski definition) is 2. The number of aliphatic carboxylic acids is 1. The first-order valence-electron chi connectivity index (χ1n) is 5.73. The van der Waals surface area contributed by atoms with E-state index in [9.17, 15) is 4.79 Å². The molecule has 2 N–H and O–H groups in total. The lowest BCUT2D eigenvalue weighted by Gasteiger charge is -2.15. The molecule has 102 valence electrons. The number of nitrogens with zero attached hydrogens (tertiary/aromatic N) is 2. The molecule has 0 aliphatic carbocycles. The predicted octanol–water partition coefficient (Wildman–Crippen LogP) is 2.88. The Morgan fingerprint density at radius 2 is 2.21 bits per heavy atom. The van der Waals surface area contributed by atoms with Crippen LogP contribution < -0.4 is 5.32 Å². The smallest absolute Gasteiger partial charge is 0.315 e. The summed E-state index contributed by atoms with van der Waals surface area (Å²) < 4.78 is 0. The second-order valence-electron chi connectivity index (χ2n) is 4.68. The average molecular weight is 297 g/mol. The molecule has 0 saturated carbocycles. The van der Waals surface area contributed by atoms with Crippen LogP contribution in [0.15, 0.2) is 10.9 Å². The number of thiazole rings is 2. The molecule has 5 nitrogen and oxygen atoms in total. The van der Waals surface area contributed by atoms with E-state index in [4.69, 9.17) is 5.11 Å². The van der Waals surface area contributed by atoms with Crippen molar-refractivity contribution < 1.29 is 9.90 Å². The molecule has 2 heterocycles. The highest BCUT2D eigenvalue weighted by Crippen LogP contribution is 2.27. The molecule has 7 heteroatoms. The van der Waals surface area contributed by atoms with E-state index in [0.717, 1.165) is 15.7 Å². The second-order valence-corrected chi connectivity index (χ2v) is 6.48. The highest BCUT2D eigenvalue weighted by atomic mass is 32.1. The number of hydrogen-bond acceptors (Lipinski definition) is 6. The molecule has 0 atom stereocenters. The minimum atomic E-state index is -0.961. The highest BCUT2D eigenvalue weighted by molar-refractivity contribution is 7.13. The molecule has 2 rings (SSSR count). The van der Waals surface area contributed by atoms with Gasteiger partial charge in [-0.05, 0) is 20.8 Å². The molecule has 0 spiro atoms. The van der Waals surface area contributed by atoms with Gasteiger partial charge in [0.1, 0.15) is 5.41 Å². The molecule has 0 unspecified atom stereocenters. The Labute approximate surface area is 119 Å². The zero-order valence-electron chi connectivity index (χ0n) is 10.9. The van der Waals surface area contributed by atoms with Gasteiger partial charge in [-0.2, -0.15) is 0 Å². The van der Waals surface area contributed by atoms with E-state index >= 15 is 0 Å². The van der Waals surface area contributed by atoms with Gasteiger partial charge < -0.3 is 10.4 Å². The molecule has 0 saturated heterocycles. The van der Waals surface area contributed by atoms with Crippen molar-refractivity contribution in [2.45, 2.75) is 32.7 Å². The van der Waals surface area contributed by atoms with Crippen molar-refractivity contribution in [3.63, 3.8) is 0 Å². The minimum Gasteiger partial charge on any atom is -0.481 e. The van der Waals surface area contributed by atoms with E-state index in [2.05, 4.69) is 15.3 Å². The fourth-order valence-electron chi connectivity index (χ4n) is 1.40. The number of anilines is 1. The number of aromatic nitrogens is 2. The van der Waals surface area contributed by atoms with Crippen LogP contribution in [-0.4, -0.2) is 21.0 Å². The molecule has 0 bridgehead atoms. The molecule has 0 aliphatic heterocycles. The van der Waals surface area contributed by atoms with Gasteiger partial charge in [-0.3, -0.25) is 4.79 Å². The molecule has 0 amide bonds. The minimum absolute atomic E-state index is 0.577. The first-order valence-corrected chi connectivity index (χ1v) is 7.49. The number of nitrogens with one attached hydrogen (secondary N) is 1. The monoisotopic (exact) mass is 297 g/mol. The molecular weight excluding hydrogens is 282 g/mol.